The Morgan fingerprint density at radius 1 is 0.432 bits per heavy atom. The van der Waals surface area contributed by atoms with E-state index in [2.05, 4.69) is 15.4 Å². The van der Waals surface area contributed by atoms with Gasteiger partial charge in [-0.3, -0.25) is 0 Å². The van der Waals surface area contributed by atoms with Crippen molar-refractivity contribution in [1.82, 2.24) is 0 Å². The first-order valence-corrected chi connectivity index (χ1v) is 16.4. The van der Waals surface area contributed by atoms with Gasteiger partial charge in [-0.1, -0.05) is 120 Å². The van der Waals surface area contributed by atoms with Gasteiger partial charge >= 0.3 is 10.4 Å². The van der Waals surface area contributed by atoms with Gasteiger partial charge in [0.25, 0.3) is 0 Å². The number of ether oxygens (including phenoxy) is 3. The third kappa shape index (κ3) is 31.8. The van der Waals surface area contributed by atoms with E-state index in [0.29, 0.717) is 33.0 Å². The molecule has 0 aliphatic heterocycles. The summed E-state index contributed by atoms with van der Waals surface area (Å²) in [6.07, 6.45) is 23.5. The van der Waals surface area contributed by atoms with Crippen LogP contribution in [0.2, 0.25) is 0 Å². The van der Waals surface area contributed by atoms with Crippen LogP contribution in [0.15, 0.2) is 0 Å². The Bertz CT molecular complexity index is 530. The van der Waals surface area contributed by atoms with Gasteiger partial charge in [0.05, 0.1) is 46.2 Å². The van der Waals surface area contributed by atoms with Crippen molar-refractivity contribution in [2.75, 3.05) is 52.9 Å². The summed E-state index contributed by atoms with van der Waals surface area (Å²) in [4.78, 5) is 4.78. The summed E-state index contributed by atoms with van der Waals surface area (Å²) in [6.45, 7) is 6.91. The first-order chi connectivity index (χ1) is 18.1. The highest BCUT2D eigenvalue weighted by Crippen LogP contribution is 2.14. The second-order valence-electron chi connectivity index (χ2n) is 9.55. The van der Waals surface area contributed by atoms with Crippen LogP contribution >= 0.6 is 0 Å². The van der Waals surface area contributed by atoms with Crippen LogP contribution in [0.4, 0.5) is 0 Å². The SMILES string of the molecule is CCCCCCCCCCCCCCCCCCCCOOS(=O)(=O)OCCOCCOCCOCC. The number of unbranched alkanes of at least 4 members (excludes halogenated alkanes) is 17. The first-order valence-electron chi connectivity index (χ1n) is 15.1. The highest BCUT2D eigenvalue weighted by molar-refractivity contribution is 7.81. The van der Waals surface area contributed by atoms with E-state index in [0.717, 1.165) is 19.3 Å². The lowest BCUT2D eigenvalue weighted by Crippen LogP contribution is -2.16. The van der Waals surface area contributed by atoms with Gasteiger partial charge in [-0.15, -0.1) is 0 Å². The predicted molar refractivity (Wildman–Crippen MR) is 149 cm³/mol. The Hall–Kier alpha value is -0.290. The molecule has 0 rings (SSSR count). The van der Waals surface area contributed by atoms with Crippen molar-refractivity contribution in [3.8, 4) is 0 Å². The van der Waals surface area contributed by atoms with Gasteiger partial charge in [0.2, 0.25) is 0 Å². The van der Waals surface area contributed by atoms with Crippen molar-refractivity contribution in [1.29, 1.82) is 0 Å². The van der Waals surface area contributed by atoms with Crippen LogP contribution in [0.3, 0.4) is 0 Å². The van der Waals surface area contributed by atoms with E-state index in [1.807, 2.05) is 6.92 Å². The van der Waals surface area contributed by atoms with E-state index >= 15 is 0 Å². The summed E-state index contributed by atoms with van der Waals surface area (Å²) in [5.41, 5.74) is 0. The second kappa shape index (κ2) is 30.3. The zero-order valence-corrected chi connectivity index (χ0v) is 24.9. The van der Waals surface area contributed by atoms with Gasteiger partial charge in [0.1, 0.15) is 0 Å². The average molecular weight is 555 g/mol. The van der Waals surface area contributed by atoms with E-state index < -0.39 is 10.4 Å². The van der Waals surface area contributed by atoms with Crippen molar-refractivity contribution in [3.05, 3.63) is 0 Å². The zero-order chi connectivity index (χ0) is 27.1. The van der Waals surface area contributed by atoms with E-state index in [9.17, 15) is 8.42 Å². The molecule has 0 heterocycles. The van der Waals surface area contributed by atoms with E-state index in [1.165, 1.54) is 96.3 Å². The summed E-state index contributed by atoms with van der Waals surface area (Å²) in [5.74, 6) is 0. The standard InChI is InChI=1S/C28H58O8S/c1-3-5-6-7-8-9-10-11-12-13-14-15-16-17-18-19-20-21-22-34-36-37(29,30)35-28-27-33-26-25-32-24-23-31-4-2/h3-28H2,1-2H3. The smallest absolute Gasteiger partial charge is 0.379 e. The zero-order valence-electron chi connectivity index (χ0n) is 24.1. The Kier molecular flexibility index (Phi) is 30.0. The Labute approximate surface area is 228 Å². The third-order valence-corrected chi connectivity index (χ3v) is 6.83. The second-order valence-corrected chi connectivity index (χ2v) is 10.7. The summed E-state index contributed by atoms with van der Waals surface area (Å²) in [7, 11) is -4.16. The van der Waals surface area contributed by atoms with Gasteiger partial charge in [-0.05, 0) is 13.3 Å². The molecular formula is C28H58O8S. The molecule has 0 aliphatic rings. The highest BCUT2D eigenvalue weighted by Gasteiger charge is 2.13. The monoisotopic (exact) mass is 554 g/mol. The largest absolute Gasteiger partial charge is 0.426 e. The van der Waals surface area contributed by atoms with Crippen LogP contribution in [0.1, 0.15) is 129 Å². The fourth-order valence-electron chi connectivity index (χ4n) is 3.95. The van der Waals surface area contributed by atoms with Gasteiger partial charge in [-0.25, -0.2) is 9.07 Å². The number of rotatable bonds is 32. The Morgan fingerprint density at radius 2 is 0.811 bits per heavy atom. The maximum atomic E-state index is 11.6. The van der Waals surface area contributed by atoms with Crippen molar-refractivity contribution in [3.63, 3.8) is 0 Å². The molecule has 0 fully saturated rings. The fraction of sp³-hybridized carbons (Fsp3) is 1.00. The minimum Gasteiger partial charge on any atom is -0.379 e. The normalized spacial score (nSPS) is 11.9. The summed E-state index contributed by atoms with van der Waals surface area (Å²) >= 11 is 0. The third-order valence-electron chi connectivity index (χ3n) is 6.12. The van der Waals surface area contributed by atoms with Gasteiger partial charge in [0, 0.05) is 6.61 Å². The lowest BCUT2D eigenvalue weighted by atomic mass is 10.0. The molecule has 0 radical (unpaired) electrons. The molecule has 0 aromatic rings. The van der Waals surface area contributed by atoms with Crippen LogP contribution < -0.4 is 0 Å². The summed E-state index contributed by atoms with van der Waals surface area (Å²) < 4.78 is 47.9. The molecule has 0 unspecified atom stereocenters. The first kappa shape index (κ1) is 36.7. The molecule has 0 N–H and O–H groups in total. The molecule has 0 spiro atoms. The summed E-state index contributed by atoms with van der Waals surface area (Å²) in [5, 5.41) is 0. The molecule has 0 amide bonds. The van der Waals surface area contributed by atoms with Crippen LogP contribution in [0.5, 0.6) is 0 Å². The maximum absolute atomic E-state index is 11.6. The molecule has 8 nitrogen and oxygen atoms in total. The molecule has 0 atom stereocenters. The number of hydrogen-bond acceptors (Lipinski definition) is 8. The maximum Gasteiger partial charge on any atom is 0.426 e. The number of hydrogen-bond donors (Lipinski definition) is 0. The lowest BCUT2D eigenvalue weighted by Gasteiger charge is -2.07. The van der Waals surface area contributed by atoms with Crippen LogP contribution in [0, 0.1) is 0 Å². The molecule has 0 bridgehead atoms. The van der Waals surface area contributed by atoms with Gasteiger partial charge < -0.3 is 14.2 Å². The quantitative estimate of drug-likeness (QED) is 0.0486. The summed E-state index contributed by atoms with van der Waals surface area (Å²) in [6, 6.07) is 0. The van der Waals surface area contributed by atoms with Crippen LogP contribution in [-0.2, 0) is 38.0 Å². The molecule has 9 heteroatoms. The van der Waals surface area contributed by atoms with Crippen molar-refractivity contribution < 1.29 is 36.0 Å². The molecule has 0 saturated carbocycles. The minimum atomic E-state index is -4.16. The Balaban J connectivity index is 3.25. The minimum absolute atomic E-state index is 0.122. The van der Waals surface area contributed by atoms with Crippen molar-refractivity contribution in [2.45, 2.75) is 129 Å². The Morgan fingerprint density at radius 3 is 1.24 bits per heavy atom. The van der Waals surface area contributed by atoms with Crippen molar-refractivity contribution >= 4 is 10.4 Å². The predicted octanol–water partition coefficient (Wildman–Crippen LogP) is 7.31. The fourth-order valence-corrected chi connectivity index (χ4v) is 4.45. The highest BCUT2D eigenvalue weighted by atomic mass is 32.3. The van der Waals surface area contributed by atoms with Crippen molar-refractivity contribution in [2.24, 2.45) is 0 Å². The van der Waals surface area contributed by atoms with Gasteiger partial charge in [0.15, 0.2) is 0 Å². The van der Waals surface area contributed by atoms with E-state index in [1.54, 1.807) is 0 Å². The molecule has 224 valence electrons. The molecule has 0 aromatic carbocycles. The topological polar surface area (TPSA) is 89.5 Å². The molecule has 0 aromatic heterocycles. The van der Waals surface area contributed by atoms with Crippen LogP contribution in [0.25, 0.3) is 0 Å². The molecular weight excluding hydrogens is 496 g/mol. The molecule has 0 aliphatic carbocycles. The van der Waals surface area contributed by atoms with E-state index in [4.69, 9.17) is 19.1 Å². The average Bonchev–Trinajstić information content (AvgIpc) is 2.88. The molecule has 0 saturated heterocycles. The van der Waals surface area contributed by atoms with Crippen LogP contribution in [-0.4, -0.2) is 61.3 Å². The van der Waals surface area contributed by atoms with Gasteiger partial charge in [-0.2, -0.15) is 8.42 Å². The van der Waals surface area contributed by atoms with E-state index in [-0.39, 0.29) is 19.8 Å². The lowest BCUT2D eigenvalue weighted by molar-refractivity contribution is -0.210. The molecule has 37 heavy (non-hydrogen) atoms.